The van der Waals surface area contributed by atoms with Crippen LogP contribution in [0.4, 0.5) is 0 Å². The lowest BCUT2D eigenvalue weighted by Gasteiger charge is -2.18. The molecular formula is C12H26N2O2S2. The van der Waals surface area contributed by atoms with Gasteiger partial charge in [-0.15, -0.1) is 0 Å². The molecule has 0 spiro atoms. The summed E-state index contributed by atoms with van der Waals surface area (Å²) in [5, 5.41) is 3.42. The van der Waals surface area contributed by atoms with E-state index in [1.807, 2.05) is 11.8 Å². The van der Waals surface area contributed by atoms with Gasteiger partial charge < -0.3 is 5.32 Å². The van der Waals surface area contributed by atoms with Crippen molar-refractivity contribution in [3.63, 3.8) is 0 Å². The predicted molar refractivity (Wildman–Crippen MR) is 79.6 cm³/mol. The van der Waals surface area contributed by atoms with Crippen LogP contribution in [0.3, 0.4) is 0 Å². The predicted octanol–water partition coefficient (Wildman–Crippen LogP) is 1.58. The third kappa shape index (κ3) is 5.07. The van der Waals surface area contributed by atoms with Crippen LogP contribution in [-0.2, 0) is 10.0 Å². The van der Waals surface area contributed by atoms with E-state index in [1.54, 1.807) is 6.92 Å². The van der Waals surface area contributed by atoms with Gasteiger partial charge in [0.05, 0.1) is 5.25 Å². The summed E-state index contributed by atoms with van der Waals surface area (Å²) in [4.78, 5) is 0. The Hall–Kier alpha value is 0.220. The molecule has 0 amide bonds. The first-order chi connectivity index (χ1) is 8.49. The number of hydrogen-bond donors (Lipinski definition) is 2. The zero-order chi connectivity index (χ0) is 13.6. The molecule has 2 N–H and O–H groups in total. The second kappa shape index (κ2) is 7.72. The van der Waals surface area contributed by atoms with Crippen molar-refractivity contribution >= 4 is 21.8 Å². The van der Waals surface area contributed by atoms with Crippen LogP contribution in [0, 0.1) is 0 Å². The van der Waals surface area contributed by atoms with Crippen LogP contribution in [0.25, 0.3) is 0 Å². The van der Waals surface area contributed by atoms with Gasteiger partial charge in [-0.05, 0) is 45.4 Å². The largest absolute Gasteiger partial charge is 0.315 e. The second-order valence-electron chi connectivity index (χ2n) is 5.05. The van der Waals surface area contributed by atoms with Crippen molar-refractivity contribution in [2.24, 2.45) is 0 Å². The second-order valence-corrected chi connectivity index (χ2v) is 8.31. The van der Waals surface area contributed by atoms with Gasteiger partial charge in [0.1, 0.15) is 0 Å². The van der Waals surface area contributed by atoms with Crippen LogP contribution in [0.15, 0.2) is 0 Å². The summed E-state index contributed by atoms with van der Waals surface area (Å²) in [5.41, 5.74) is 0. The van der Waals surface area contributed by atoms with Crippen molar-refractivity contribution in [2.45, 2.75) is 56.1 Å². The summed E-state index contributed by atoms with van der Waals surface area (Å²) in [6.07, 6.45) is 6.18. The minimum atomic E-state index is -3.18. The first-order valence-electron chi connectivity index (χ1n) is 6.74. The van der Waals surface area contributed by atoms with Crippen LogP contribution >= 0.6 is 11.8 Å². The van der Waals surface area contributed by atoms with Crippen LogP contribution in [0.1, 0.15) is 39.5 Å². The molecular weight excluding hydrogens is 268 g/mol. The van der Waals surface area contributed by atoms with Gasteiger partial charge in [0, 0.05) is 17.8 Å². The van der Waals surface area contributed by atoms with Crippen molar-refractivity contribution in [1.29, 1.82) is 0 Å². The van der Waals surface area contributed by atoms with E-state index < -0.39 is 10.0 Å². The van der Waals surface area contributed by atoms with Gasteiger partial charge in [0.2, 0.25) is 10.0 Å². The van der Waals surface area contributed by atoms with E-state index in [9.17, 15) is 8.42 Å². The standard InChI is InChI=1S/C12H26N2O2S2/c1-4-7-13-9-10(2)18(15,16)14-11-5-6-12(8-11)17-3/h10-14H,4-9H2,1-3H3. The number of rotatable bonds is 8. The molecule has 0 aromatic carbocycles. The van der Waals surface area contributed by atoms with E-state index in [0.717, 1.165) is 32.2 Å². The lowest BCUT2D eigenvalue weighted by Crippen LogP contribution is -2.43. The summed E-state index contributed by atoms with van der Waals surface area (Å²) in [6, 6.07) is 0.140. The normalized spacial score (nSPS) is 26.4. The lowest BCUT2D eigenvalue weighted by atomic mass is 10.3. The third-order valence-electron chi connectivity index (χ3n) is 3.44. The zero-order valence-electron chi connectivity index (χ0n) is 11.6. The topological polar surface area (TPSA) is 58.2 Å². The van der Waals surface area contributed by atoms with Gasteiger partial charge in [0.25, 0.3) is 0 Å². The molecule has 0 bridgehead atoms. The zero-order valence-corrected chi connectivity index (χ0v) is 13.2. The van der Waals surface area contributed by atoms with Crippen molar-refractivity contribution in [2.75, 3.05) is 19.3 Å². The first-order valence-corrected chi connectivity index (χ1v) is 9.57. The molecule has 3 atom stereocenters. The highest BCUT2D eigenvalue weighted by molar-refractivity contribution is 7.99. The molecule has 4 nitrogen and oxygen atoms in total. The Labute approximate surface area is 116 Å². The third-order valence-corrected chi connectivity index (χ3v) is 6.42. The fourth-order valence-electron chi connectivity index (χ4n) is 2.20. The first kappa shape index (κ1) is 16.3. The molecule has 1 saturated carbocycles. The molecule has 1 rings (SSSR count). The van der Waals surface area contributed by atoms with Gasteiger partial charge in [-0.1, -0.05) is 6.92 Å². The number of hydrogen-bond acceptors (Lipinski definition) is 4. The summed E-state index contributed by atoms with van der Waals surface area (Å²) in [7, 11) is -3.18. The van der Waals surface area contributed by atoms with Crippen molar-refractivity contribution in [3.8, 4) is 0 Å². The summed E-state index contributed by atoms with van der Waals surface area (Å²) >= 11 is 1.84. The quantitative estimate of drug-likeness (QED) is 0.667. The van der Waals surface area contributed by atoms with E-state index in [4.69, 9.17) is 0 Å². The molecule has 0 aromatic rings. The van der Waals surface area contributed by atoms with Gasteiger partial charge in [-0.3, -0.25) is 0 Å². The van der Waals surface area contributed by atoms with E-state index in [1.165, 1.54) is 0 Å². The number of thioether (sulfide) groups is 1. The molecule has 1 fully saturated rings. The monoisotopic (exact) mass is 294 g/mol. The minimum absolute atomic E-state index is 0.140. The Morgan fingerprint density at radius 3 is 2.67 bits per heavy atom. The molecule has 3 unspecified atom stereocenters. The Morgan fingerprint density at radius 2 is 2.11 bits per heavy atom. The summed E-state index contributed by atoms with van der Waals surface area (Å²) in [5.74, 6) is 0. The molecule has 1 aliphatic carbocycles. The van der Waals surface area contributed by atoms with Crippen LogP contribution in [-0.4, -0.2) is 44.3 Å². The van der Waals surface area contributed by atoms with Gasteiger partial charge >= 0.3 is 0 Å². The molecule has 6 heteroatoms. The smallest absolute Gasteiger partial charge is 0.215 e. The maximum atomic E-state index is 12.1. The maximum Gasteiger partial charge on any atom is 0.215 e. The van der Waals surface area contributed by atoms with E-state index >= 15 is 0 Å². The van der Waals surface area contributed by atoms with Crippen molar-refractivity contribution < 1.29 is 8.42 Å². The molecule has 0 aliphatic heterocycles. The Morgan fingerprint density at radius 1 is 1.39 bits per heavy atom. The van der Waals surface area contributed by atoms with Gasteiger partial charge in [-0.2, -0.15) is 11.8 Å². The van der Waals surface area contributed by atoms with Crippen LogP contribution in [0.2, 0.25) is 0 Å². The molecule has 1 aliphatic rings. The Kier molecular flexibility index (Phi) is 6.98. The van der Waals surface area contributed by atoms with Crippen LogP contribution in [0.5, 0.6) is 0 Å². The van der Waals surface area contributed by atoms with Crippen molar-refractivity contribution in [3.05, 3.63) is 0 Å². The average Bonchev–Trinajstić information content (AvgIpc) is 2.76. The molecule has 0 aromatic heterocycles. The number of nitrogens with one attached hydrogen (secondary N) is 2. The minimum Gasteiger partial charge on any atom is -0.315 e. The highest BCUT2D eigenvalue weighted by Crippen LogP contribution is 2.28. The highest BCUT2D eigenvalue weighted by atomic mass is 32.2. The van der Waals surface area contributed by atoms with Gasteiger partial charge in [-0.25, -0.2) is 13.1 Å². The average molecular weight is 294 g/mol. The van der Waals surface area contributed by atoms with Crippen molar-refractivity contribution in [1.82, 2.24) is 10.0 Å². The molecule has 0 heterocycles. The lowest BCUT2D eigenvalue weighted by molar-refractivity contribution is 0.533. The maximum absolute atomic E-state index is 12.1. The highest BCUT2D eigenvalue weighted by Gasteiger charge is 2.29. The Balaban J connectivity index is 2.39. The molecule has 108 valence electrons. The molecule has 18 heavy (non-hydrogen) atoms. The fraction of sp³-hybridized carbons (Fsp3) is 1.00. The summed E-state index contributed by atoms with van der Waals surface area (Å²) in [6.45, 7) is 5.25. The van der Waals surface area contributed by atoms with Crippen LogP contribution < -0.4 is 10.0 Å². The Bertz CT molecular complexity index is 333. The SMILES string of the molecule is CCCNCC(C)S(=O)(=O)NC1CCC(SC)C1. The van der Waals surface area contributed by atoms with E-state index in [0.29, 0.717) is 11.8 Å². The van der Waals surface area contributed by atoms with E-state index in [-0.39, 0.29) is 11.3 Å². The molecule has 0 radical (unpaired) electrons. The van der Waals surface area contributed by atoms with Gasteiger partial charge in [0.15, 0.2) is 0 Å². The van der Waals surface area contributed by atoms with E-state index in [2.05, 4.69) is 23.2 Å². The fourth-order valence-corrected chi connectivity index (χ4v) is 4.25. The number of sulfonamides is 1. The summed E-state index contributed by atoms with van der Waals surface area (Å²) < 4.78 is 27.1. The molecule has 0 saturated heterocycles.